The van der Waals surface area contributed by atoms with Crippen LogP contribution in [0.15, 0.2) is 35.9 Å². The van der Waals surface area contributed by atoms with Crippen LogP contribution in [0.2, 0.25) is 0 Å². The molecule has 1 heterocycles. The lowest BCUT2D eigenvalue weighted by Crippen LogP contribution is -2.58. The first kappa shape index (κ1) is 15.6. The number of carbonyl (C=O) groups is 2. The molecule has 5 nitrogen and oxygen atoms in total. The van der Waals surface area contributed by atoms with Crippen molar-refractivity contribution in [1.82, 2.24) is 5.32 Å². The number of carbonyl (C=O) groups excluding carboxylic acids is 2. The first-order valence-corrected chi connectivity index (χ1v) is 8.04. The monoisotopic (exact) mass is 315 g/mol. The number of rotatable bonds is 3. The van der Waals surface area contributed by atoms with Gasteiger partial charge in [0.05, 0.1) is 0 Å². The molecule has 0 spiro atoms. The molecule has 3 rings (SSSR count). The van der Waals surface area contributed by atoms with Crippen LogP contribution in [0, 0.1) is 0 Å². The molecular formula is C18H21NO4. The quantitative estimate of drug-likeness (QED) is 0.871. The lowest BCUT2D eigenvalue weighted by molar-refractivity contribution is -0.174. The van der Waals surface area contributed by atoms with Gasteiger partial charge in [-0.15, -0.1) is 0 Å². The smallest absolute Gasteiger partial charge is 0.408 e. The highest BCUT2D eigenvalue weighted by molar-refractivity contribution is 5.86. The van der Waals surface area contributed by atoms with E-state index in [0.717, 1.165) is 25.7 Å². The Bertz CT molecular complexity index is 601. The fraction of sp³-hybridized carbons (Fsp3) is 0.444. The Kier molecular flexibility index (Phi) is 4.65. The van der Waals surface area contributed by atoms with E-state index in [1.54, 1.807) is 6.92 Å². The summed E-state index contributed by atoms with van der Waals surface area (Å²) in [6.07, 6.45) is 4.80. The van der Waals surface area contributed by atoms with Gasteiger partial charge in [-0.25, -0.2) is 9.59 Å². The third kappa shape index (κ3) is 3.92. The summed E-state index contributed by atoms with van der Waals surface area (Å²) in [4.78, 5) is 23.0. The first-order chi connectivity index (χ1) is 11.1. The van der Waals surface area contributed by atoms with Crippen molar-refractivity contribution in [3.8, 4) is 0 Å². The van der Waals surface area contributed by atoms with Crippen LogP contribution in [0.4, 0.5) is 4.79 Å². The van der Waals surface area contributed by atoms with E-state index in [1.807, 2.05) is 18.2 Å². The topological polar surface area (TPSA) is 64.6 Å². The highest BCUT2D eigenvalue weighted by atomic mass is 16.6. The van der Waals surface area contributed by atoms with Gasteiger partial charge in [-0.3, -0.25) is 0 Å². The molecule has 1 unspecified atom stereocenters. The lowest BCUT2D eigenvalue weighted by Gasteiger charge is -2.33. The second-order valence-electron chi connectivity index (χ2n) is 6.08. The molecule has 0 bridgehead atoms. The number of cyclic esters (lactones) is 1. The van der Waals surface area contributed by atoms with Crippen molar-refractivity contribution in [1.29, 1.82) is 0 Å². The number of ether oxygens (including phenoxy) is 2. The van der Waals surface area contributed by atoms with Gasteiger partial charge >= 0.3 is 12.1 Å². The maximum Gasteiger partial charge on any atom is 0.408 e. The summed E-state index contributed by atoms with van der Waals surface area (Å²) in [5.74, 6) is -0.397. The van der Waals surface area contributed by atoms with Crippen molar-refractivity contribution in [2.75, 3.05) is 0 Å². The molecule has 1 amide bonds. The molecule has 1 saturated carbocycles. The molecule has 0 aromatic heterocycles. The Morgan fingerprint density at radius 3 is 2.57 bits per heavy atom. The number of nitrogens with one attached hydrogen (secondary N) is 1. The van der Waals surface area contributed by atoms with Crippen molar-refractivity contribution >= 4 is 18.1 Å². The van der Waals surface area contributed by atoms with Gasteiger partial charge in [-0.2, -0.15) is 0 Å². The number of benzene rings is 1. The van der Waals surface area contributed by atoms with Crippen LogP contribution < -0.4 is 5.32 Å². The van der Waals surface area contributed by atoms with Crippen LogP contribution in [-0.2, 0) is 14.3 Å². The molecule has 1 aromatic carbocycles. The van der Waals surface area contributed by atoms with E-state index in [-0.39, 0.29) is 12.2 Å². The van der Waals surface area contributed by atoms with Gasteiger partial charge in [0.25, 0.3) is 0 Å². The molecule has 1 N–H and O–H groups in total. The highest BCUT2D eigenvalue weighted by Gasteiger charge is 2.41. The highest BCUT2D eigenvalue weighted by Crippen LogP contribution is 2.27. The summed E-state index contributed by atoms with van der Waals surface area (Å²) < 4.78 is 10.2. The molecule has 5 heteroatoms. The van der Waals surface area contributed by atoms with Crippen molar-refractivity contribution in [2.45, 2.75) is 50.9 Å². The van der Waals surface area contributed by atoms with Gasteiger partial charge in [-0.05, 0) is 38.2 Å². The van der Waals surface area contributed by atoms with Crippen molar-refractivity contribution in [2.24, 2.45) is 0 Å². The maximum atomic E-state index is 11.8. The second kappa shape index (κ2) is 6.86. The SMILES string of the molecule is C[C@@H]1OC(=O)C1NC(=O)OC1CCC(=Cc2ccccc2)CC1. The fourth-order valence-corrected chi connectivity index (χ4v) is 2.94. The standard InChI is InChI=1S/C18H21NO4/c1-12-16(17(20)22-12)19-18(21)23-15-9-7-14(8-10-15)11-13-5-3-2-4-6-13/h2-6,11-12,15-16H,7-10H2,1H3,(H,19,21)/t12-,15?,16?/m0/s1. The molecule has 1 saturated heterocycles. The number of allylic oxidation sites excluding steroid dienone is 1. The zero-order valence-corrected chi connectivity index (χ0v) is 13.2. The van der Waals surface area contributed by atoms with Crippen molar-refractivity contribution in [3.63, 3.8) is 0 Å². The van der Waals surface area contributed by atoms with Crippen LogP contribution >= 0.6 is 0 Å². The number of amides is 1. The summed E-state index contributed by atoms with van der Waals surface area (Å²) in [5.41, 5.74) is 2.59. The van der Waals surface area contributed by atoms with Gasteiger partial charge < -0.3 is 14.8 Å². The summed E-state index contributed by atoms with van der Waals surface area (Å²) >= 11 is 0. The van der Waals surface area contributed by atoms with Crippen molar-refractivity contribution < 1.29 is 19.1 Å². The Morgan fingerprint density at radius 2 is 1.96 bits per heavy atom. The molecule has 1 aliphatic carbocycles. The zero-order valence-electron chi connectivity index (χ0n) is 13.2. The van der Waals surface area contributed by atoms with E-state index in [0.29, 0.717) is 0 Å². The fourth-order valence-electron chi connectivity index (χ4n) is 2.94. The van der Waals surface area contributed by atoms with Crippen LogP contribution in [-0.4, -0.2) is 30.3 Å². The Balaban J connectivity index is 1.45. The van der Waals surface area contributed by atoms with Crippen LogP contribution in [0.5, 0.6) is 0 Å². The normalized spacial score (nSPS) is 26.7. The van der Waals surface area contributed by atoms with Gasteiger partial charge in [0.15, 0.2) is 6.04 Å². The van der Waals surface area contributed by atoms with E-state index in [4.69, 9.17) is 9.47 Å². The largest absolute Gasteiger partial charge is 0.458 e. The molecule has 2 aliphatic rings. The maximum absolute atomic E-state index is 11.8. The average Bonchev–Trinajstić information content (AvgIpc) is 2.56. The average molecular weight is 315 g/mol. The molecule has 1 aliphatic heterocycles. The summed E-state index contributed by atoms with van der Waals surface area (Å²) in [6, 6.07) is 9.66. The molecule has 122 valence electrons. The minimum absolute atomic E-state index is 0.0886. The van der Waals surface area contributed by atoms with E-state index in [9.17, 15) is 9.59 Å². The first-order valence-electron chi connectivity index (χ1n) is 8.04. The molecule has 0 radical (unpaired) electrons. The number of hydrogen-bond donors (Lipinski definition) is 1. The molecule has 1 aromatic rings. The molecule has 2 fully saturated rings. The van der Waals surface area contributed by atoms with Crippen molar-refractivity contribution in [3.05, 3.63) is 41.5 Å². The summed E-state index contributed by atoms with van der Waals surface area (Å²) in [7, 11) is 0. The summed E-state index contributed by atoms with van der Waals surface area (Å²) in [6.45, 7) is 1.74. The van der Waals surface area contributed by atoms with Crippen LogP contribution in [0.1, 0.15) is 38.2 Å². The predicted molar refractivity (Wildman–Crippen MR) is 85.6 cm³/mol. The molecular weight excluding hydrogens is 294 g/mol. The number of esters is 1. The minimum Gasteiger partial charge on any atom is -0.458 e. The lowest BCUT2D eigenvalue weighted by atomic mass is 9.91. The van der Waals surface area contributed by atoms with Gasteiger partial charge in [0.2, 0.25) is 0 Å². The zero-order chi connectivity index (χ0) is 16.2. The van der Waals surface area contributed by atoms with E-state index >= 15 is 0 Å². The predicted octanol–water partition coefficient (Wildman–Crippen LogP) is 3.05. The van der Waals surface area contributed by atoms with E-state index < -0.39 is 18.1 Å². The Morgan fingerprint density at radius 1 is 1.26 bits per heavy atom. The Hall–Kier alpha value is -2.30. The van der Waals surface area contributed by atoms with Gasteiger partial charge in [0.1, 0.15) is 12.2 Å². The second-order valence-corrected chi connectivity index (χ2v) is 6.08. The van der Waals surface area contributed by atoms with Gasteiger partial charge in [0, 0.05) is 0 Å². The van der Waals surface area contributed by atoms with E-state index in [1.165, 1.54) is 11.1 Å². The molecule has 2 atom stereocenters. The van der Waals surface area contributed by atoms with Crippen LogP contribution in [0.3, 0.4) is 0 Å². The number of hydrogen-bond acceptors (Lipinski definition) is 4. The Labute approximate surface area is 135 Å². The number of alkyl carbamates (subject to hydrolysis) is 1. The minimum atomic E-state index is -0.570. The molecule has 23 heavy (non-hydrogen) atoms. The third-order valence-corrected chi connectivity index (χ3v) is 4.32. The third-order valence-electron chi connectivity index (χ3n) is 4.32. The van der Waals surface area contributed by atoms with Gasteiger partial charge in [-0.1, -0.05) is 42.0 Å². The van der Waals surface area contributed by atoms with E-state index in [2.05, 4.69) is 23.5 Å². The van der Waals surface area contributed by atoms with Crippen LogP contribution in [0.25, 0.3) is 6.08 Å². The summed E-state index contributed by atoms with van der Waals surface area (Å²) in [5, 5.41) is 2.56.